The van der Waals surface area contributed by atoms with E-state index in [1.165, 1.54) is 6.20 Å². The molecule has 2 aliphatic heterocycles. The smallest absolute Gasteiger partial charge is 0.239 e. The number of nitrogens with two attached hydrogens (primary N) is 1. The van der Waals surface area contributed by atoms with Crippen molar-refractivity contribution in [2.24, 2.45) is 5.14 Å². The van der Waals surface area contributed by atoms with Gasteiger partial charge in [0.2, 0.25) is 10.0 Å². The predicted octanol–water partition coefficient (Wildman–Crippen LogP) is -0.720. The van der Waals surface area contributed by atoms with Crippen LogP contribution >= 0.6 is 0 Å². The quantitative estimate of drug-likeness (QED) is 0.727. The topological polar surface area (TPSA) is 88.3 Å². The van der Waals surface area contributed by atoms with Gasteiger partial charge in [0.1, 0.15) is 4.90 Å². The molecule has 2 bridgehead atoms. The third-order valence-corrected chi connectivity index (χ3v) is 4.30. The maximum atomic E-state index is 11.3. The first-order valence-corrected chi connectivity index (χ1v) is 7.06. The van der Waals surface area contributed by atoms with Gasteiger partial charge in [0.15, 0.2) is 0 Å². The number of fused-ring (bicyclic) bond motifs is 2. The van der Waals surface area contributed by atoms with E-state index in [4.69, 9.17) is 5.14 Å². The Kier molecular flexibility index (Phi) is 2.35. The van der Waals surface area contributed by atoms with Crippen molar-refractivity contribution in [3.05, 3.63) is 18.5 Å². The minimum absolute atomic E-state index is 0.0748. The van der Waals surface area contributed by atoms with Crippen LogP contribution in [0.5, 0.6) is 0 Å². The molecule has 2 fully saturated rings. The number of nitrogens with one attached hydrogen (secondary N) is 1. The summed E-state index contributed by atoms with van der Waals surface area (Å²) in [6.07, 6.45) is 4.08. The van der Waals surface area contributed by atoms with Gasteiger partial charge < -0.3 is 10.2 Å². The summed E-state index contributed by atoms with van der Waals surface area (Å²) in [4.78, 5) is 6.23. The van der Waals surface area contributed by atoms with E-state index in [2.05, 4.69) is 15.2 Å². The maximum absolute atomic E-state index is 11.3. The molecular weight excluding hydrogens is 240 g/mol. The standard InChI is InChI=1S/C10H14N4O2S/c11-17(15,16)10-2-9(3-12-5-10)14-6-7-1-8(14)4-13-7/h2-3,5,7-8,13H,1,4,6H2,(H2,11,15,16)/t7-,8-/m0/s1. The Labute approximate surface area is 99.9 Å². The molecule has 2 aliphatic rings. The highest BCUT2D eigenvalue weighted by atomic mass is 32.2. The second kappa shape index (κ2) is 3.66. The van der Waals surface area contributed by atoms with Crippen molar-refractivity contribution in [2.75, 3.05) is 18.0 Å². The number of aromatic nitrogens is 1. The molecule has 0 aromatic carbocycles. The van der Waals surface area contributed by atoms with Crippen LogP contribution in [0.25, 0.3) is 0 Å². The molecule has 2 saturated heterocycles. The minimum Gasteiger partial charge on any atom is -0.364 e. The summed E-state index contributed by atoms with van der Waals surface area (Å²) < 4.78 is 22.5. The van der Waals surface area contributed by atoms with Crippen molar-refractivity contribution in [3.8, 4) is 0 Å². The van der Waals surface area contributed by atoms with E-state index in [1.54, 1.807) is 12.3 Å². The molecule has 17 heavy (non-hydrogen) atoms. The zero-order valence-electron chi connectivity index (χ0n) is 9.20. The molecule has 6 nitrogen and oxygen atoms in total. The van der Waals surface area contributed by atoms with Crippen molar-refractivity contribution < 1.29 is 8.42 Å². The normalized spacial score (nSPS) is 27.7. The van der Waals surface area contributed by atoms with Gasteiger partial charge in [-0.25, -0.2) is 13.6 Å². The molecule has 92 valence electrons. The Bertz CT molecular complexity index is 545. The SMILES string of the molecule is NS(=O)(=O)c1cncc(N2C[C@@H]3C[C@H]2CN3)c1. The molecule has 3 rings (SSSR count). The van der Waals surface area contributed by atoms with Gasteiger partial charge in [-0.2, -0.15) is 0 Å². The molecule has 0 spiro atoms. The Balaban J connectivity index is 1.94. The highest BCUT2D eigenvalue weighted by Gasteiger charge is 2.37. The van der Waals surface area contributed by atoms with Gasteiger partial charge in [0.25, 0.3) is 0 Å². The average Bonchev–Trinajstić information content (AvgIpc) is 2.89. The van der Waals surface area contributed by atoms with Gasteiger partial charge in [-0.05, 0) is 12.5 Å². The Morgan fingerprint density at radius 2 is 2.29 bits per heavy atom. The molecule has 7 heteroatoms. The summed E-state index contributed by atoms with van der Waals surface area (Å²) in [5.74, 6) is 0. The lowest BCUT2D eigenvalue weighted by molar-refractivity contribution is 0.578. The number of pyridine rings is 1. The lowest BCUT2D eigenvalue weighted by Crippen LogP contribution is -2.43. The van der Waals surface area contributed by atoms with Gasteiger partial charge in [-0.1, -0.05) is 0 Å². The molecule has 0 aliphatic carbocycles. The molecule has 1 aromatic rings. The molecule has 3 heterocycles. The second-order valence-corrected chi connectivity index (χ2v) is 6.13. The number of anilines is 1. The number of primary sulfonamides is 1. The Morgan fingerprint density at radius 1 is 1.47 bits per heavy atom. The number of hydrogen-bond acceptors (Lipinski definition) is 5. The van der Waals surface area contributed by atoms with Gasteiger partial charge in [-0.15, -0.1) is 0 Å². The number of rotatable bonds is 2. The van der Waals surface area contributed by atoms with Crippen LogP contribution in [0.2, 0.25) is 0 Å². The molecule has 1 aromatic heterocycles. The van der Waals surface area contributed by atoms with Crippen LogP contribution in [0.3, 0.4) is 0 Å². The fraction of sp³-hybridized carbons (Fsp3) is 0.500. The summed E-state index contributed by atoms with van der Waals surface area (Å²) >= 11 is 0. The fourth-order valence-corrected chi connectivity index (χ4v) is 3.09. The number of piperazine rings is 1. The third kappa shape index (κ3) is 1.90. The van der Waals surface area contributed by atoms with Gasteiger partial charge in [-0.3, -0.25) is 4.98 Å². The van der Waals surface area contributed by atoms with Crippen LogP contribution in [0.1, 0.15) is 6.42 Å². The summed E-state index contributed by atoms with van der Waals surface area (Å²) in [6, 6.07) is 2.55. The van der Waals surface area contributed by atoms with Crippen LogP contribution < -0.4 is 15.4 Å². The summed E-state index contributed by atoms with van der Waals surface area (Å²) in [7, 11) is -3.67. The van der Waals surface area contributed by atoms with Gasteiger partial charge >= 0.3 is 0 Å². The van der Waals surface area contributed by atoms with Crippen LogP contribution in [0, 0.1) is 0 Å². The van der Waals surface area contributed by atoms with Gasteiger partial charge in [0, 0.05) is 31.4 Å². The first-order chi connectivity index (χ1) is 8.04. The van der Waals surface area contributed by atoms with Crippen LogP contribution in [0.4, 0.5) is 5.69 Å². The van der Waals surface area contributed by atoms with E-state index < -0.39 is 10.0 Å². The highest BCUT2D eigenvalue weighted by molar-refractivity contribution is 7.89. The van der Waals surface area contributed by atoms with E-state index in [0.717, 1.165) is 25.2 Å². The first kappa shape index (κ1) is 10.9. The molecule has 2 atom stereocenters. The highest BCUT2D eigenvalue weighted by Crippen LogP contribution is 2.29. The van der Waals surface area contributed by atoms with Crippen molar-refractivity contribution >= 4 is 15.7 Å². The minimum atomic E-state index is -3.67. The largest absolute Gasteiger partial charge is 0.364 e. The van der Waals surface area contributed by atoms with Crippen molar-refractivity contribution in [1.29, 1.82) is 0 Å². The average molecular weight is 254 g/mol. The van der Waals surface area contributed by atoms with Crippen LogP contribution in [0.15, 0.2) is 23.4 Å². The number of nitrogens with zero attached hydrogens (tertiary/aromatic N) is 2. The molecule has 0 unspecified atom stereocenters. The first-order valence-electron chi connectivity index (χ1n) is 5.52. The van der Waals surface area contributed by atoms with E-state index in [0.29, 0.717) is 12.1 Å². The molecule has 0 radical (unpaired) electrons. The molecule has 3 N–H and O–H groups in total. The molecule has 0 saturated carbocycles. The van der Waals surface area contributed by atoms with Crippen molar-refractivity contribution in [2.45, 2.75) is 23.4 Å². The third-order valence-electron chi connectivity index (χ3n) is 3.42. The lowest BCUT2D eigenvalue weighted by Gasteiger charge is -2.29. The van der Waals surface area contributed by atoms with Crippen LogP contribution in [-0.4, -0.2) is 38.6 Å². The van der Waals surface area contributed by atoms with E-state index in [9.17, 15) is 8.42 Å². The Morgan fingerprint density at radius 3 is 2.88 bits per heavy atom. The molecule has 0 amide bonds. The van der Waals surface area contributed by atoms with Crippen molar-refractivity contribution in [3.63, 3.8) is 0 Å². The summed E-state index contributed by atoms with van der Waals surface area (Å²) in [5.41, 5.74) is 0.838. The lowest BCUT2D eigenvalue weighted by atomic mass is 10.2. The van der Waals surface area contributed by atoms with E-state index >= 15 is 0 Å². The van der Waals surface area contributed by atoms with E-state index in [1.807, 2.05) is 0 Å². The predicted molar refractivity (Wildman–Crippen MR) is 63.2 cm³/mol. The zero-order valence-corrected chi connectivity index (χ0v) is 10.0. The zero-order chi connectivity index (χ0) is 12.0. The summed E-state index contributed by atoms with van der Waals surface area (Å²) in [6.45, 7) is 1.85. The maximum Gasteiger partial charge on any atom is 0.239 e. The van der Waals surface area contributed by atoms with Gasteiger partial charge in [0.05, 0.1) is 11.9 Å². The summed E-state index contributed by atoms with van der Waals surface area (Å²) in [5, 5.41) is 8.50. The number of hydrogen-bond donors (Lipinski definition) is 2. The van der Waals surface area contributed by atoms with E-state index in [-0.39, 0.29) is 4.90 Å². The van der Waals surface area contributed by atoms with Crippen LogP contribution in [-0.2, 0) is 10.0 Å². The number of sulfonamides is 1. The monoisotopic (exact) mass is 254 g/mol. The fourth-order valence-electron chi connectivity index (χ4n) is 2.60. The van der Waals surface area contributed by atoms with Crippen molar-refractivity contribution in [1.82, 2.24) is 10.3 Å². The Hall–Kier alpha value is -1.18. The molecular formula is C10H14N4O2S. The second-order valence-electron chi connectivity index (χ2n) is 4.57.